The lowest BCUT2D eigenvalue weighted by atomic mass is 10.1. The van der Waals surface area contributed by atoms with E-state index in [-0.39, 0.29) is 18.3 Å². The molecule has 1 saturated heterocycles. The van der Waals surface area contributed by atoms with Gasteiger partial charge in [0.2, 0.25) is 0 Å². The summed E-state index contributed by atoms with van der Waals surface area (Å²) in [6.07, 6.45) is 1.61. The number of urea groups is 1. The molecule has 0 radical (unpaired) electrons. The largest absolute Gasteiger partial charge is 0.391 e. The predicted octanol–water partition coefficient (Wildman–Crippen LogP) is 2.56. The third kappa shape index (κ3) is 4.59. The van der Waals surface area contributed by atoms with Crippen molar-refractivity contribution in [2.75, 3.05) is 29.9 Å². The highest BCUT2D eigenvalue weighted by Crippen LogP contribution is 2.25. The lowest BCUT2D eigenvalue weighted by molar-refractivity contribution is 0.126. The first-order valence-electron chi connectivity index (χ1n) is 7.74. The van der Waals surface area contributed by atoms with E-state index >= 15 is 0 Å². The standard InChI is InChI=1S/C16H24FN3O2/c1-11(2)15(21)10-18-16(22)19-13-7-12(17)8-14(9-13)20-5-3-4-6-20/h7-9,11,15,21H,3-6,10H2,1-2H3,(H2,18,19,22)/t15-/m0/s1. The molecular weight excluding hydrogens is 285 g/mol. The first-order chi connectivity index (χ1) is 10.5. The normalized spacial score (nSPS) is 16.0. The van der Waals surface area contributed by atoms with E-state index in [1.807, 2.05) is 13.8 Å². The molecule has 22 heavy (non-hydrogen) atoms. The van der Waals surface area contributed by atoms with Gasteiger partial charge in [-0.15, -0.1) is 0 Å². The maximum atomic E-state index is 13.7. The minimum Gasteiger partial charge on any atom is -0.391 e. The van der Waals surface area contributed by atoms with Crippen LogP contribution in [0.2, 0.25) is 0 Å². The summed E-state index contributed by atoms with van der Waals surface area (Å²) in [6, 6.07) is 4.10. The Morgan fingerprint density at radius 3 is 2.64 bits per heavy atom. The molecule has 6 heteroatoms. The second kappa shape index (κ2) is 7.45. The molecule has 1 aromatic carbocycles. The summed E-state index contributed by atoms with van der Waals surface area (Å²) in [5.41, 5.74) is 1.20. The lowest BCUT2D eigenvalue weighted by Crippen LogP contribution is -2.37. The maximum Gasteiger partial charge on any atom is 0.319 e. The van der Waals surface area contributed by atoms with E-state index in [0.29, 0.717) is 5.69 Å². The molecule has 0 aliphatic carbocycles. The highest BCUT2D eigenvalue weighted by Gasteiger charge is 2.15. The summed E-state index contributed by atoms with van der Waals surface area (Å²) in [5, 5.41) is 14.9. The highest BCUT2D eigenvalue weighted by molar-refractivity contribution is 5.89. The number of hydrogen-bond acceptors (Lipinski definition) is 3. The predicted molar refractivity (Wildman–Crippen MR) is 85.7 cm³/mol. The number of aliphatic hydroxyl groups excluding tert-OH is 1. The van der Waals surface area contributed by atoms with Gasteiger partial charge in [0.15, 0.2) is 0 Å². The number of carbonyl (C=O) groups excluding carboxylic acids is 1. The van der Waals surface area contributed by atoms with Crippen molar-refractivity contribution in [1.29, 1.82) is 0 Å². The second-order valence-corrected chi connectivity index (χ2v) is 6.04. The summed E-state index contributed by atoms with van der Waals surface area (Å²) in [5.74, 6) is -0.307. The van der Waals surface area contributed by atoms with Crippen LogP contribution < -0.4 is 15.5 Å². The van der Waals surface area contributed by atoms with E-state index in [0.717, 1.165) is 31.6 Å². The highest BCUT2D eigenvalue weighted by atomic mass is 19.1. The summed E-state index contributed by atoms with van der Waals surface area (Å²) >= 11 is 0. The summed E-state index contributed by atoms with van der Waals surface area (Å²) in [7, 11) is 0. The lowest BCUT2D eigenvalue weighted by Gasteiger charge is -2.19. The second-order valence-electron chi connectivity index (χ2n) is 6.04. The minimum absolute atomic E-state index is 0.0660. The molecule has 1 aromatic rings. The Morgan fingerprint density at radius 1 is 1.32 bits per heavy atom. The fourth-order valence-electron chi connectivity index (χ4n) is 2.41. The molecule has 0 spiro atoms. The van der Waals surface area contributed by atoms with Crippen LogP contribution in [0.15, 0.2) is 18.2 Å². The third-order valence-corrected chi connectivity index (χ3v) is 3.85. The molecule has 0 unspecified atom stereocenters. The van der Waals surface area contributed by atoms with Crippen molar-refractivity contribution in [2.24, 2.45) is 5.92 Å². The van der Waals surface area contributed by atoms with Gasteiger partial charge in [-0.1, -0.05) is 13.8 Å². The number of aliphatic hydroxyl groups is 1. The van der Waals surface area contributed by atoms with Gasteiger partial charge in [-0.05, 0) is 37.0 Å². The molecule has 122 valence electrons. The molecule has 5 nitrogen and oxygen atoms in total. The molecule has 2 amide bonds. The van der Waals surface area contributed by atoms with Crippen LogP contribution in [0.5, 0.6) is 0 Å². The Balaban J connectivity index is 1.95. The number of hydrogen-bond donors (Lipinski definition) is 3. The van der Waals surface area contributed by atoms with Gasteiger partial charge >= 0.3 is 6.03 Å². The number of nitrogens with zero attached hydrogens (tertiary/aromatic N) is 1. The number of benzene rings is 1. The molecule has 0 saturated carbocycles. The number of anilines is 2. The van der Waals surface area contributed by atoms with Crippen LogP contribution in [0.4, 0.5) is 20.6 Å². The van der Waals surface area contributed by atoms with Crippen molar-refractivity contribution >= 4 is 17.4 Å². The summed E-state index contributed by atoms with van der Waals surface area (Å²) in [6.45, 7) is 5.74. The quantitative estimate of drug-likeness (QED) is 0.783. The Bertz CT molecular complexity index is 516. The fourth-order valence-corrected chi connectivity index (χ4v) is 2.41. The van der Waals surface area contributed by atoms with E-state index in [9.17, 15) is 14.3 Å². The fraction of sp³-hybridized carbons (Fsp3) is 0.562. The van der Waals surface area contributed by atoms with Crippen LogP contribution in [-0.2, 0) is 0 Å². The Labute approximate surface area is 130 Å². The van der Waals surface area contributed by atoms with E-state index in [4.69, 9.17) is 0 Å². The van der Waals surface area contributed by atoms with Gasteiger partial charge in [-0.2, -0.15) is 0 Å². The van der Waals surface area contributed by atoms with Gasteiger partial charge in [-0.25, -0.2) is 9.18 Å². The van der Waals surface area contributed by atoms with Gasteiger partial charge < -0.3 is 20.6 Å². The number of amides is 2. The first-order valence-corrected chi connectivity index (χ1v) is 7.74. The molecule has 0 aromatic heterocycles. The topological polar surface area (TPSA) is 64.6 Å². The van der Waals surface area contributed by atoms with Crippen LogP contribution in [0.25, 0.3) is 0 Å². The van der Waals surface area contributed by atoms with Crippen molar-refractivity contribution in [1.82, 2.24) is 5.32 Å². The minimum atomic E-state index is -0.599. The van der Waals surface area contributed by atoms with Crippen molar-refractivity contribution in [3.8, 4) is 0 Å². The summed E-state index contributed by atoms with van der Waals surface area (Å²) in [4.78, 5) is 13.9. The molecule has 2 rings (SSSR count). The van der Waals surface area contributed by atoms with Crippen molar-refractivity contribution < 1.29 is 14.3 Å². The van der Waals surface area contributed by atoms with Crippen molar-refractivity contribution in [2.45, 2.75) is 32.8 Å². The number of nitrogens with one attached hydrogen (secondary N) is 2. The SMILES string of the molecule is CC(C)[C@@H](O)CNC(=O)Nc1cc(F)cc(N2CCCC2)c1. The monoisotopic (exact) mass is 309 g/mol. The molecule has 3 N–H and O–H groups in total. The van der Waals surface area contributed by atoms with Crippen LogP contribution in [0.1, 0.15) is 26.7 Å². The van der Waals surface area contributed by atoms with E-state index in [1.54, 1.807) is 6.07 Å². The van der Waals surface area contributed by atoms with Gasteiger partial charge in [0.25, 0.3) is 0 Å². The van der Waals surface area contributed by atoms with Crippen molar-refractivity contribution in [3.05, 3.63) is 24.0 Å². The van der Waals surface area contributed by atoms with Crippen LogP contribution in [0, 0.1) is 11.7 Å². The zero-order chi connectivity index (χ0) is 16.1. The Kier molecular flexibility index (Phi) is 5.60. The molecule has 0 bridgehead atoms. The first kappa shape index (κ1) is 16.5. The molecule has 1 aliphatic rings. The molecule has 1 fully saturated rings. The van der Waals surface area contributed by atoms with E-state index < -0.39 is 12.1 Å². The summed E-state index contributed by atoms with van der Waals surface area (Å²) < 4.78 is 13.7. The third-order valence-electron chi connectivity index (χ3n) is 3.85. The van der Waals surface area contributed by atoms with Crippen LogP contribution >= 0.6 is 0 Å². The van der Waals surface area contributed by atoms with Crippen LogP contribution in [0.3, 0.4) is 0 Å². The zero-order valence-corrected chi connectivity index (χ0v) is 13.1. The Morgan fingerprint density at radius 2 is 2.00 bits per heavy atom. The maximum absolute atomic E-state index is 13.7. The van der Waals surface area contributed by atoms with Crippen molar-refractivity contribution in [3.63, 3.8) is 0 Å². The molecule has 1 atom stereocenters. The zero-order valence-electron chi connectivity index (χ0n) is 13.1. The van der Waals surface area contributed by atoms with Crippen LogP contribution in [-0.4, -0.2) is 36.9 Å². The average molecular weight is 309 g/mol. The van der Waals surface area contributed by atoms with E-state index in [1.165, 1.54) is 12.1 Å². The molecule has 1 aliphatic heterocycles. The number of halogens is 1. The molecular formula is C16H24FN3O2. The average Bonchev–Trinajstić information content (AvgIpc) is 2.98. The number of carbonyl (C=O) groups is 1. The van der Waals surface area contributed by atoms with Gasteiger partial charge in [0, 0.05) is 31.0 Å². The van der Waals surface area contributed by atoms with Gasteiger partial charge in [-0.3, -0.25) is 0 Å². The van der Waals surface area contributed by atoms with E-state index in [2.05, 4.69) is 15.5 Å². The van der Waals surface area contributed by atoms with Gasteiger partial charge in [0.1, 0.15) is 5.82 Å². The number of rotatable bonds is 5. The smallest absolute Gasteiger partial charge is 0.319 e. The Hall–Kier alpha value is -1.82. The van der Waals surface area contributed by atoms with Gasteiger partial charge in [0.05, 0.1) is 6.10 Å². The molecule has 1 heterocycles.